The van der Waals surface area contributed by atoms with E-state index in [1.54, 1.807) is 11.3 Å². The second kappa shape index (κ2) is 6.83. The first-order valence-corrected chi connectivity index (χ1v) is 10.00. The Morgan fingerprint density at radius 1 is 1.07 bits per heavy atom. The molecule has 1 atom stereocenters. The molecular formula is C20H19N5OS. The molecule has 2 aromatic heterocycles. The average Bonchev–Trinajstić information content (AvgIpc) is 3.15. The second-order valence-electron chi connectivity index (χ2n) is 6.99. The number of likely N-dealkylation sites (tertiary alicyclic amines) is 1. The number of rotatable bonds is 3. The van der Waals surface area contributed by atoms with Crippen LogP contribution >= 0.6 is 11.3 Å². The number of para-hydroxylation sites is 1. The zero-order chi connectivity index (χ0) is 18.2. The van der Waals surface area contributed by atoms with E-state index in [0.717, 1.165) is 31.4 Å². The van der Waals surface area contributed by atoms with E-state index >= 15 is 0 Å². The molecule has 0 radical (unpaired) electrons. The quantitative estimate of drug-likeness (QED) is 0.548. The summed E-state index contributed by atoms with van der Waals surface area (Å²) in [6.07, 6.45) is 2.23. The van der Waals surface area contributed by atoms with Gasteiger partial charge in [-0.2, -0.15) is 4.68 Å². The summed E-state index contributed by atoms with van der Waals surface area (Å²) >= 11 is 1.78. The first-order chi connectivity index (χ1) is 13.3. The summed E-state index contributed by atoms with van der Waals surface area (Å²) in [5.41, 5.74) is 1.64. The molecule has 2 aromatic carbocycles. The molecule has 0 aliphatic carbocycles. The van der Waals surface area contributed by atoms with E-state index in [1.165, 1.54) is 14.4 Å². The van der Waals surface area contributed by atoms with Crippen LogP contribution in [-0.4, -0.2) is 38.0 Å². The molecule has 1 saturated heterocycles. The average molecular weight is 377 g/mol. The van der Waals surface area contributed by atoms with Crippen LogP contribution in [0.15, 0.2) is 53.3 Å². The van der Waals surface area contributed by atoms with Crippen molar-refractivity contribution in [1.29, 1.82) is 0 Å². The van der Waals surface area contributed by atoms with Gasteiger partial charge in [-0.15, -0.1) is 16.4 Å². The maximum atomic E-state index is 12.7. The van der Waals surface area contributed by atoms with Crippen LogP contribution in [0.1, 0.15) is 23.8 Å². The van der Waals surface area contributed by atoms with E-state index in [9.17, 15) is 4.79 Å². The van der Waals surface area contributed by atoms with Crippen LogP contribution < -0.4 is 5.56 Å². The lowest BCUT2D eigenvalue weighted by molar-refractivity contribution is 0.152. The zero-order valence-electron chi connectivity index (χ0n) is 14.8. The molecule has 0 spiro atoms. The maximum Gasteiger partial charge on any atom is 0.278 e. The fourth-order valence-corrected chi connectivity index (χ4v) is 4.85. The Bertz CT molecular complexity index is 1130. The molecule has 6 nitrogen and oxygen atoms in total. The van der Waals surface area contributed by atoms with Crippen molar-refractivity contribution in [3.05, 3.63) is 63.9 Å². The van der Waals surface area contributed by atoms with E-state index < -0.39 is 0 Å². The Morgan fingerprint density at radius 3 is 2.78 bits per heavy atom. The molecule has 1 fully saturated rings. The third-order valence-corrected chi connectivity index (χ3v) is 6.33. The Kier molecular flexibility index (Phi) is 4.18. The topological polar surface area (TPSA) is 63.9 Å². The number of thiazole rings is 1. The minimum absolute atomic E-state index is 0.0808. The van der Waals surface area contributed by atoms with Gasteiger partial charge in [-0.25, -0.2) is 4.98 Å². The molecule has 0 saturated carbocycles. The molecule has 1 aliphatic rings. The predicted molar refractivity (Wildman–Crippen MR) is 107 cm³/mol. The van der Waals surface area contributed by atoms with Crippen LogP contribution in [0.5, 0.6) is 0 Å². The van der Waals surface area contributed by atoms with Gasteiger partial charge < -0.3 is 0 Å². The van der Waals surface area contributed by atoms with Gasteiger partial charge in [0.25, 0.3) is 5.56 Å². The number of fused-ring (bicyclic) bond motifs is 2. The molecule has 0 N–H and O–H groups in total. The van der Waals surface area contributed by atoms with E-state index in [0.29, 0.717) is 23.5 Å². The molecule has 136 valence electrons. The molecule has 27 heavy (non-hydrogen) atoms. The Morgan fingerprint density at radius 2 is 1.89 bits per heavy atom. The fourth-order valence-electron chi connectivity index (χ4n) is 3.76. The lowest BCUT2D eigenvalue weighted by atomic mass is 9.99. The molecule has 0 unspecified atom stereocenters. The number of hydrogen-bond acceptors (Lipinski definition) is 6. The Labute approximate surface area is 160 Å². The fraction of sp³-hybridized carbons (Fsp3) is 0.300. The van der Waals surface area contributed by atoms with E-state index in [-0.39, 0.29) is 5.56 Å². The minimum Gasteiger partial charge on any atom is -0.284 e. The van der Waals surface area contributed by atoms with Crippen LogP contribution in [0.25, 0.3) is 21.1 Å². The van der Waals surface area contributed by atoms with E-state index in [1.807, 2.05) is 30.3 Å². The van der Waals surface area contributed by atoms with Crippen LogP contribution in [0.2, 0.25) is 0 Å². The summed E-state index contributed by atoms with van der Waals surface area (Å²) in [6, 6.07) is 15.6. The maximum absolute atomic E-state index is 12.7. The summed E-state index contributed by atoms with van der Waals surface area (Å²) in [6.45, 7) is 2.32. The van der Waals surface area contributed by atoms with Crippen molar-refractivity contribution in [2.75, 3.05) is 13.1 Å². The molecular weight excluding hydrogens is 358 g/mol. The van der Waals surface area contributed by atoms with Gasteiger partial charge in [0.15, 0.2) is 0 Å². The van der Waals surface area contributed by atoms with Crippen LogP contribution in [-0.2, 0) is 6.67 Å². The second-order valence-corrected chi connectivity index (χ2v) is 8.05. The predicted octanol–water partition coefficient (Wildman–Crippen LogP) is 3.24. The van der Waals surface area contributed by atoms with Crippen LogP contribution in [0, 0.1) is 0 Å². The number of aromatic nitrogens is 4. The van der Waals surface area contributed by atoms with Gasteiger partial charge in [0.05, 0.1) is 27.3 Å². The number of hydrogen-bond donors (Lipinski definition) is 0. The molecule has 0 bridgehead atoms. The molecule has 5 rings (SSSR count). The third-order valence-electron chi connectivity index (χ3n) is 5.13. The summed E-state index contributed by atoms with van der Waals surface area (Å²) in [5, 5.41) is 10.1. The molecule has 0 amide bonds. The molecule has 1 aliphatic heterocycles. The van der Waals surface area contributed by atoms with Crippen molar-refractivity contribution in [3.8, 4) is 0 Å². The van der Waals surface area contributed by atoms with Crippen LogP contribution in [0.3, 0.4) is 0 Å². The van der Waals surface area contributed by atoms with Gasteiger partial charge in [0, 0.05) is 12.5 Å². The first-order valence-electron chi connectivity index (χ1n) is 9.18. The van der Waals surface area contributed by atoms with Crippen LogP contribution in [0.4, 0.5) is 0 Å². The lowest BCUT2D eigenvalue weighted by Gasteiger charge is -2.31. The highest BCUT2D eigenvalue weighted by molar-refractivity contribution is 7.18. The summed E-state index contributed by atoms with van der Waals surface area (Å²) < 4.78 is 2.71. The Balaban J connectivity index is 1.38. The number of benzene rings is 2. The zero-order valence-corrected chi connectivity index (χ0v) is 15.6. The van der Waals surface area contributed by atoms with Gasteiger partial charge in [-0.3, -0.25) is 9.69 Å². The SMILES string of the molecule is O=c1c2ccccc2nnn1CN1CCC[C@@H](c2nc3ccccc3s2)C1. The largest absolute Gasteiger partial charge is 0.284 e. The van der Waals surface area contributed by atoms with Gasteiger partial charge in [-0.1, -0.05) is 29.5 Å². The van der Waals surface area contributed by atoms with Crippen molar-refractivity contribution in [3.63, 3.8) is 0 Å². The normalized spacial score (nSPS) is 18.3. The summed E-state index contributed by atoms with van der Waals surface area (Å²) in [7, 11) is 0. The van der Waals surface area contributed by atoms with Crippen molar-refractivity contribution in [2.24, 2.45) is 0 Å². The molecule has 7 heteroatoms. The van der Waals surface area contributed by atoms with Crippen molar-refractivity contribution in [2.45, 2.75) is 25.4 Å². The Hall–Kier alpha value is -2.64. The smallest absolute Gasteiger partial charge is 0.278 e. The van der Waals surface area contributed by atoms with E-state index in [4.69, 9.17) is 4.98 Å². The summed E-state index contributed by atoms with van der Waals surface area (Å²) in [4.78, 5) is 19.8. The van der Waals surface area contributed by atoms with Gasteiger partial charge in [0.1, 0.15) is 5.52 Å². The minimum atomic E-state index is -0.0808. The highest BCUT2D eigenvalue weighted by Gasteiger charge is 2.24. The highest BCUT2D eigenvalue weighted by atomic mass is 32.1. The lowest BCUT2D eigenvalue weighted by Crippen LogP contribution is -2.39. The molecule has 4 aromatic rings. The third kappa shape index (κ3) is 3.13. The van der Waals surface area contributed by atoms with Crippen molar-refractivity contribution in [1.82, 2.24) is 24.9 Å². The van der Waals surface area contributed by atoms with Crippen molar-refractivity contribution < 1.29 is 0 Å². The molecule has 3 heterocycles. The monoisotopic (exact) mass is 377 g/mol. The number of piperidine rings is 1. The van der Waals surface area contributed by atoms with Crippen molar-refractivity contribution >= 4 is 32.5 Å². The standard InChI is InChI=1S/C20H19N5OS/c26-20-15-7-1-2-8-16(15)22-23-25(20)13-24-11-5-6-14(12-24)19-21-17-9-3-4-10-18(17)27-19/h1-4,7-10,14H,5-6,11-13H2/t14-/m1/s1. The van der Waals surface area contributed by atoms with Gasteiger partial charge in [0.2, 0.25) is 0 Å². The van der Waals surface area contributed by atoms with E-state index in [2.05, 4.69) is 33.4 Å². The van der Waals surface area contributed by atoms with Gasteiger partial charge >= 0.3 is 0 Å². The number of nitrogens with zero attached hydrogens (tertiary/aromatic N) is 5. The highest BCUT2D eigenvalue weighted by Crippen LogP contribution is 2.32. The van der Waals surface area contributed by atoms with Gasteiger partial charge in [-0.05, 0) is 43.7 Å². The summed E-state index contributed by atoms with van der Waals surface area (Å²) in [5.74, 6) is 0.403. The first kappa shape index (κ1) is 16.5.